The van der Waals surface area contributed by atoms with Crippen LogP contribution in [0, 0.1) is 23.7 Å². The van der Waals surface area contributed by atoms with Crippen LogP contribution in [0.5, 0.6) is 0 Å². The number of fused-ring (bicyclic) bond motifs is 2. The van der Waals surface area contributed by atoms with Gasteiger partial charge in [-0.3, -0.25) is 9.59 Å². The molecule has 2 aliphatic carbocycles. The molecule has 2 N–H and O–H groups in total. The molecular formula is C17H30N2O2. The summed E-state index contributed by atoms with van der Waals surface area (Å²) in [5.41, 5.74) is 0. The fourth-order valence-electron chi connectivity index (χ4n) is 3.93. The van der Waals surface area contributed by atoms with Crippen molar-refractivity contribution in [3.8, 4) is 0 Å². The summed E-state index contributed by atoms with van der Waals surface area (Å²) in [6.07, 6.45) is 5.12. The van der Waals surface area contributed by atoms with Gasteiger partial charge in [0.25, 0.3) is 0 Å². The van der Waals surface area contributed by atoms with Crippen molar-refractivity contribution in [1.29, 1.82) is 0 Å². The highest BCUT2D eigenvalue weighted by Gasteiger charge is 2.53. The SMILES string of the molecule is CC[C@@H](C)NC(=O)[C@@H]1[C@@H]2CC[C@@H](C2)[C@@H]1C(=O)N[C@@H](C)CC. The molecule has 0 saturated heterocycles. The fourth-order valence-corrected chi connectivity index (χ4v) is 3.93. The number of nitrogens with one attached hydrogen (secondary N) is 2. The van der Waals surface area contributed by atoms with Gasteiger partial charge in [-0.05, 0) is 57.8 Å². The molecule has 21 heavy (non-hydrogen) atoms. The van der Waals surface area contributed by atoms with Gasteiger partial charge in [0.2, 0.25) is 11.8 Å². The topological polar surface area (TPSA) is 58.2 Å². The van der Waals surface area contributed by atoms with Gasteiger partial charge >= 0.3 is 0 Å². The van der Waals surface area contributed by atoms with Crippen LogP contribution in [-0.4, -0.2) is 23.9 Å². The molecule has 120 valence electrons. The summed E-state index contributed by atoms with van der Waals surface area (Å²) in [7, 11) is 0. The standard InChI is InChI=1S/C17H30N2O2/c1-5-10(3)18-16(20)14-12-7-8-13(9-12)15(14)17(21)19-11(4)6-2/h10-15H,5-9H2,1-4H3,(H,18,20)(H,19,21)/t10-,11+,12-,13+,14-,15+. The Morgan fingerprint density at radius 1 is 0.905 bits per heavy atom. The fraction of sp³-hybridized carbons (Fsp3) is 0.882. The van der Waals surface area contributed by atoms with E-state index in [2.05, 4.69) is 24.5 Å². The zero-order valence-corrected chi connectivity index (χ0v) is 13.8. The molecule has 0 unspecified atom stereocenters. The maximum absolute atomic E-state index is 12.6. The third-order valence-electron chi connectivity index (χ3n) is 5.52. The highest BCUT2D eigenvalue weighted by atomic mass is 16.2. The van der Waals surface area contributed by atoms with Crippen LogP contribution < -0.4 is 10.6 Å². The zero-order chi connectivity index (χ0) is 15.6. The van der Waals surface area contributed by atoms with Crippen LogP contribution in [0.3, 0.4) is 0 Å². The lowest BCUT2D eigenvalue weighted by Gasteiger charge is -2.31. The van der Waals surface area contributed by atoms with Gasteiger partial charge in [0, 0.05) is 12.1 Å². The second-order valence-electron chi connectivity index (χ2n) is 7.02. The van der Waals surface area contributed by atoms with Gasteiger partial charge in [0.15, 0.2) is 0 Å². The summed E-state index contributed by atoms with van der Waals surface area (Å²) < 4.78 is 0. The molecule has 0 aromatic rings. The minimum absolute atomic E-state index is 0.0980. The van der Waals surface area contributed by atoms with Gasteiger partial charge in [0.1, 0.15) is 0 Å². The van der Waals surface area contributed by atoms with Crippen LogP contribution in [0.1, 0.15) is 59.8 Å². The molecular weight excluding hydrogens is 264 g/mol. The molecule has 2 aliphatic rings. The maximum atomic E-state index is 12.6. The number of hydrogen-bond donors (Lipinski definition) is 2. The molecule has 0 aromatic heterocycles. The van der Waals surface area contributed by atoms with Crippen LogP contribution in [0.4, 0.5) is 0 Å². The van der Waals surface area contributed by atoms with E-state index in [0.29, 0.717) is 11.8 Å². The number of carbonyl (C=O) groups excluding carboxylic acids is 2. The van der Waals surface area contributed by atoms with E-state index in [9.17, 15) is 9.59 Å². The highest BCUT2D eigenvalue weighted by molar-refractivity contribution is 5.89. The first-order chi connectivity index (χ1) is 9.97. The maximum Gasteiger partial charge on any atom is 0.224 e. The van der Waals surface area contributed by atoms with Crippen molar-refractivity contribution in [3.63, 3.8) is 0 Å². The molecule has 6 atom stereocenters. The van der Waals surface area contributed by atoms with Crippen LogP contribution >= 0.6 is 0 Å². The summed E-state index contributed by atoms with van der Waals surface area (Å²) in [6.45, 7) is 8.19. The minimum atomic E-state index is -0.109. The van der Waals surface area contributed by atoms with Gasteiger partial charge in [-0.25, -0.2) is 0 Å². The second-order valence-corrected chi connectivity index (χ2v) is 7.02. The van der Waals surface area contributed by atoms with E-state index < -0.39 is 0 Å². The number of hydrogen-bond acceptors (Lipinski definition) is 2. The van der Waals surface area contributed by atoms with Crippen molar-refractivity contribution in [2.24, 2.45) is 23.7 Å². The summed E-state index contributed by atoms with van der Waals surface area (Å²) in [4.78, 5) is 25.2. The van der Waals surface area contributed by atoms with Crippen LogP contribution in [0.25, 0.3) is 0 Å². The Hall–Kier alpha value is -1.06. The van der Waals surface area contributed by atoms with Gasteiger partial charge in [0.05, 0.1) is 11.8 Å². The van der Waals surface area contributed by atoms with E-state index in [4.69, 9.17) is 0 Å². The van der Waals surface area contributed by atoms with Gasteiger partial charge in [-0.2, -0.15) is 0 Å². The Kier molecular flexibility index (Phi) is 5.28. The lowest BCUT2D eigenvalue weighted by molar-refractivity contribution is -0.137. The summed E-state index contributed by atoms with van der Waals surface area (Å²) in [6, 6.07) is 0.379. The van der Waals surface area contributed by atoms with Crippen molar-refractivity contribution in [2.75, 3.05) is 0 Å². The molecule has 2 fully saturated rings. The van der Waals surface area contributed by atoms with E-state index in [-0.39, 0.29) is 35.7 Å². The number of amides is 2. The molecule has 2 rings (SSSR count). The predicted molar refractivity (Wildman–Crippen MR) is 83.6 cm³/mol. The molecule has 4 heteroatoms. The Labute approximate surface area is 128 Å². The third kappa shape index (κ3) is 3.41. The molecule has 0 heterocycles. The zero-order valence-electron chi connectivity index (χ0n) is 13.8. The van der Waals surface area contributed by atoms with Crippen molar-refractivity contribution >= 4 is 11.8 Å². The predicted octanol–water partition coefficient (Wildman–Crippen LogP) is 2.48. The first kappa shape index (κ1) is 16.3. The second kappa shape index (κ2) is 6.80. The van der Waals surface area contributed by atoms with Gasteiger partial charge < -0.3 is 10.6 Å². The van der Waals surface area contributed by atoms with Crippen LogP contribution in [0.15, 0.2) is 0 Å². The quantitative estimate of drug-likeness (QED) is 0.790. The number of rotatable bonds is 6. The summed E-state index contributed by atoms with van der Waals surface area (Å²) in [5.74, 6) is 0.795. The molecule has 0 radical (unpaired) electrons. The van der Waals surface area contributed by atoms with Crippen molar-refractivity contribution in [3.05, 3.63) is 0 Å². The monoisotopic (exact) mass is 294 g/mol. The first-order valence-electron chi connectivity index (χ1n) is 8.58. The number of carbonyl (C=O) groups is 2. The van der Waals surface area contributed by atoms with E-state index in [1.54, 1.807) is 0 Å². The smallest absolute Gasteiger partial charge is 0.224 e. The van der Waals surface area contributed by atoms with E-state index in [1.807, 2.05) is 13.8 Å². The van der Waals surface area contributed by atoms with Crippen molar-refractivity contribution in [2.45, 2.75) is 71.9 Å². The van der Waals surface area contributed by atoms with E-state index >= 15 is 0 Å². The van der Waals surface area contributed by atoms with Crippen LogP contribution in [-0.2, 0) is 9.59 Å². The molecule has 2 amide bonds. The third-order valence-corrected chi connectivity index (χ3v) is 5.52. The van der Waals surface area contributed by atoms with Crippen LogP contribution in [0.2, 0.25) is 0 Å². The first-order valence-corrected chi connectivity index (χ1v) is 8.58. The Morgan fingerprint density at radius 2 is 1.29 bits per heavy atom. The molecule has 2 bridgehead atoms. The minimum Gasteiger partial charge on any atom is -0.353 e. The van der Waals surface area contributed by atoms with E-state index in [0.717, 1.165) is 32.1 Å². The van der Waals surface area contributed by atoms with Crippen molar-refractivity contribution < 1.29 is 9.59 Å². The Balaban J connectivity index is 2.07. The summed E-state index contributed by atoms with van der Waals surface area (Å²) in [5, 5.41) is 6.18. The lowest BCUT2D eigenvalue weighted by atomic mass is 9.78. The van der Waals surface area contributed by atoms with Gasteiger partial charge in [-0.15, -0.1) is 0 Å². The Morgan fingerprint density at radius 3 is 1.62 bits per heavy atom. The molecule has 0 aromatic carbocycles. The van der Waals surface area contributed by atoms with E-state index in [1.165, 1.54) is 0 Å². The average Bonchev–Trinajstić information content (AvgIpc) is 3.07. The summed E-state index contributed by atoms with van der Waals surface area (Å²) >= 11 is 0. The normalized spacial score (nSPS) is 33.5. The lowest BCUT2D eigenvalue weighted by Crippen LogP contribution is -2.48. The molecule has 2 saturated carbocycles. The molecule has 4 nitrogen and oxygen atoms in total. The average molecular weight is 294 g/mol. The largest absolute Gasteiger partial charge is 0.353 e. The molecule has 0 aliphatic heterocycles. The molecule has 0 spiro atoms. The highest BCUT2D eigenvalue weighted by Crippen LogP contribution is 2.52. The van der Waals surface area contributed by atoms with Crippen molar-refractivity contribution in [1.82, 2.24) is 10.6 Å². The van der Waals surface area contributed by atoms with Gasteiger partial charge in [-0.1, -0.05) is 13.8 Å². The Bertz CT molecular complexity index is 360.